The monoisotopic (exact) mass is 414 g/mol. The summed E-state index contributed by atoms with van der Waals surface area (Å²) in [5.74, 6) is -0.0635. The Morgan fingerprint density at radius 1 is 1.31 bits per heavy atom. The lowest BCUT2D eigenvalue weighted by atomic mass is 10.1. The van der Waals surface area contributed by atoms with E-state index >= 15 is 0 Å². The zero-order valence-corrected chi connectivity index (χ0v) is 16.1. The highest BCUT2D eigenvalue weighted by atomic mass is 79.9. The Morgan fingerprint density at radius 3 is 2.88 bits per heavy atom. The topological polar surface area (TPSA) is 70.1 Å². The third-order valence-corrected chi connectivity index (χ3v) is 5.27. The molecule has 0 aliphatic carbocycles. The number of benzene rings is 1. The van der Waals surface area contributed by atoms with Crippen LogP contribution in [-0.2, 0) is 4.79 Å². The molecule has 1 unspecified atom stereocenters. The fourth-order valence-electron chi connectivity index (χ4n) is 3.32. The first-order valence-corrected chi connectivity index (χ1v) is 9.20. The molecule has 2 N–H and O–H groups in total. The normalized spacial score (nSPS) is 16.4. The summed E-state index contributed by atoms with van der Waals surface area (Å²) in [5.41, 5.74) is 3.51. The number of hydrogen-bond donors (Lipinski definition) is 2. The number of carbonyl (C=O) groups excluding carboxylic acids is 2. The van der Waals surface area contributed by atoms with Crippen LogP contribution in [0.15, 0.2) is 41.0 Å². The molecule has 3 heterocycles. The van der Waals surface area contributed by atoms with Gasteiger partial charge in [0.05, 0.1) is 6.04 Å². The molecule has 0 saturated heterocycles. The fraction of sp³-hybridized carbons (Fsp3) is 0.263. The average molecular weight is 415 g/mol. The molecule has 1 aliphatic heterocycles. The highest BCUT2D eigenvalue weighted by molar-refractivity contribution is 9.10. The largest absolute Gasteiger partial charge is 0.354 e. The zero-order chi connectivity index (χ0) is 18.4. The Balaban J connectivity index is 1.73. The van der Waals surface area contributed by atoms with Gasteiger partial charge in [-0.15, -0.1) is 0 Å². The number of hydrogen-bond acceptors (Lipinski definition) is 2. The molecule has 0 spiro atoms. The lowest BCUT2D eigenvalue weighted by Crippen LogP contribution is -2.40. The molecule has 3 aromatic rings. The second kappa shape index (κ2) is 6.32. The van der Waals surface area contributed by atoms with Gasteiger partial charge in [-0.3, -0.25) is 9.59 Å². The van der Waals surface area contributed by atoms with Crippen molar-refractivity contribution in [3.8, 4) is 11.3 Å². The molecule has 0 radical (unpaired) electrons. The molecule has 0 bridgehead atoms. The predicted molar refractivity (Wildman–Crippen MR) is 104 cm³/mol. The van der Waals surface area contributed by atoms with Gasteiger partial charge >= 0.3 is 0 Å². The van der Waals surface area contributed by atoms with Gasteiger partial charge in [0.1, 0.15) is 5.69 Å². The number of H-pyrrole nitrogens is 1. The van der Waals surface area contributed by atoms with E-state index in [1.54, 1.807) is 19.0 Å². The van der Waals surface area contributed by atoms with Gasteiger partial charge in [-0.25, -0.2) is 0 Å². The van der Waals surface area contributed by atoms with E-state index in [9.17, 15) is 9.59 Å². The number of fused-ring (bicyclic) bond motifs is 2. The summed E-state index contributed by atoms with van der Waals surface area (Å²) in [6.07, 6.45) is 2.31. The Hall–Kier alpha value is -2.54. The average Bonchev–Trinajstić information content (AvgIpc) is 3.21. The quantitative estimate of drug-likeness (QED) is 0.690. The Kier molecular flexibility index (Phi) is 4.11. The maximum atomic E-state index is 12.3. The van der Waals surface area contributed by atoms with Gasteiger partial charge in [-0.1, -0.05) is 15.9 Å². The Labute approximate surface area is 159 Å². The van der Waals surface area contributed by atoms with Crippen LogP contribution in [0.5, 0.6) is 0 Å². The van der Waals surface area contributed by atoms with E-state index in [4.69, 9.17) is 0 Å². The highest BCUT2D eigenvalue weighted by Crippen LogP contribution is 2.30. The van der Waals surface area contributed by atoms with E-state index in [0.29, 0.717) is 18.7 Å². The van der Waals surface area contributed by atoms with Gasteiger partial charge < -0.3 is 19.8 Å². The van der Waals surface area contributed by atoms with Crippen molar-refractivity contribution in [1.82, 2.24) is 19.8 Å². The summed E-state index contributed by atoms with van der Waals surface area (Å²) in [7, 11) is 3.49. The van der Waals surface area contributed by atoms with Gasteiger partial charge in [0.25, 0.3) is 5.91 Å². The third kappa shape index (κ3) is 2.92. The maximum absolute atomic E-state index is 12.3. The molecule has 26 heavy (non-hydrogen) atoms. The summed E-state index contributed by atoms with van der Waals surface area (Å²) in [6, 6.07) is 9.93. The second-order valence-corrected chi connectivity index (χ2v) is 7.71. The SMILES string of the molecule is CN(C)C(=O)CC1CNC(=O)c2cc(-c3cc4cc(Br)ccc4[nH]3)cn21. The Morgan fingerprint density at radius 2 is 2.12 bits per heavy atom. The van der Waals surface area contributed by atoms with Gasteiger partial charge in [0, 0.05) is 59.9 Å². The van der Waals surface area contributed by atoms with Crippen molar-refractivity contribution in [2.75, 3.05) is 20.6 Å². The minimum Gasteiger partial charge on any atom is -0.354 e. The summed E-state index contributed by atoms with van der Waals surface area (Å²) < 4.78 is 2.95. The van der Waals surface area contributed by atoms with Crippen molar-refractivity contribution < 1.29 is 9.59 Å². The van der Waals surface area contributed by atoms with Crippen molar-refractivity contribution in [2.24, 2.45) is 0 Å². The standard InChI is InChI=1S/C19H19BrN4O2/c1-23(2)18(25)8-14-9-21-19(26)17-7-12(10-24(14)17)16-6-11-5-13(20)3-4-15(11)22-16/h3-7,10,14,22H,8-9H2,1-2H3,(H,21,26). The van der Waals surface area contributed by atoms with Gasteiger partial charge in [0.2, 0.25) is 5.91 Å². The summed E-state index contributed by atoms with van der Waals surface area (Å²) >= 11 is 3.49. The van der Waals surface area contributed by atoms with Crippen LogP contribution in [0.4, 0.5) is 0 Å². The number of nitrogens with one attached hydrogen (secondary N) is 2. The number of halogens is 1. The predicted octanol–water partition coefficient (Wildman–Crippen LogP) is 3.16. The van der Waals surface area contributed by atoms with Crippen LogP contribution in [0.3, 0.4) is 0 Å². The smallest absolute Gasteiger partial charge is 0.268 e. The number of carbonyl (C=O) groups is 2. The minimum atomic E-state index is -0.108. The lowest BCUT2D eigenvalue weighted by Gasteiger charge is -2.26. The van der Waals surface area contributed by atoms with E-state index in [0.717, 1.165) is 26.6 Å². The minimum absolute atomic E-state index is 0.0443. The fourth-order valence-corrected chi connectivity index (χ4v) is 3.70. The Bertz CT molecular complexity index is 1020. The number of amides is 2. The molecule has 0 fully saturated rings. The first-order chi connectivity index (χ1) is 12.4. The van der Waals surface area contributed by atoms with E-state index in [-0.39, 0.29) is 17.9 Å². The third-order valence-electron chi connectivity index (χ3n) is 4.78. The van der Waals surface area contributed by atoms with Crippen LogP contribution in [0, 0.1) is 0 Å². The van der Waals surface area contributed by atoms with Crippen molar-refractivity contribution >= 4 is 38.6 Å². The van der Waals surface area contributed by atoms with Crippen molar-refractivity contribution in [3.63, 3.8) is 0 Å². The molecule has 7 heteroatoms. The molecule has 0 saturated carbocycles. The first-order valence-electron chi connectivity index (χ1n) is 8.41. The summed E-state index contributed by atoms with van der Waals surface area (Å²) in [4.78, 5) is 29.4. The molecular formula is C19H19BrN4O2. The van der Waals surface area contributed by atoms with E-state index < -0.39 is 0 Å². The molecule has 6 nitrogen and oxygen atoms in total. The van der Waals surface area contributed by atoms with Crippen molar-refractivity contribution in [1.29, 1.82) is 0 Å². The van der Waals surface area contributed by atoms with E-state index in [2.05, 4.69) is 38.4 Å². The van der Waals surface area contributed by atoms with Gasteiger partial charge in [-0.05, 0) is 30.3 Å². The molecule has 1 atom stereocenters. The number of aromatic amines is 1. The maximum Gasteiger partial charge on any atom is 0.268 e. The molecule has 1 aliphatic rings. The molecule has 134 valence electrons. The van der Waals surface area contributed by atoms with Crippen LogP contribution < -0.4 is 5.32 Å². The van der Waals surface area contributed by atoms with Crippen LogP contribution in [0.25, 0.3) is 22.2 Å². The number of rotatable bonds is 3. The number of aromatic nitrogens is 2. The number of nitrogens with zero attached hydrogens (tertiary/aromatic N) is 2. The molecule has 2 aromatic heterocycles. The molecule has 1 aromatic carbocycles. The zero-order valence-electron chi connectivity index (χ0n) is 14.5. The van der Waals surface area contributed by atoms with Crippen LogP contribution >= 0.6 is 15.9 Å². The molecule has 2 amide bonds. The van der Waals surface area contributed by atoms with Gasteiger partial charge in [-0.2, -0.15) is 0 Å². The highest BCUT2D eigenvalue weighted by Gasteiger charge is 2.28. The first kappa shape index (κ1) is 16.9. The second-order valence-electron chi connectivity index (χ2n) is 6.79. The molecule has 4 rings (SSSR count). The van der Waals surface area contributed by atoms with Crippen LogP contribution in [-0.4, -0.2) is 46.9 Å². The summed E-state index contributed by atoms with van der Waals surface area (Å²) in [5, 5.41) is 3.98. The van der Waals surface area contributed by atoms with Crippen LogP contribution in [0.1, 0.15) is 23.0 Å². The van der Waals surface area contributed by atoms with E-state index in [1.165, 1.54) is 0 Å². The van der Waals surface area contributed by atoms with Crippen LogP contribution in [0.2, 0.25) is 0 Å². The van der Waals surface area contributed by atoms with Crippen molar-refractivity contribution in [3.05, 3.63) is 46.7 Å². The summed E-state index contributed by atoms with van der Waals surface area (Å²) in [6.45, 7) is 0.458. The molecular weight excluding hydrogens is 396 g/mol. The van der Waals surface area contributed by atoms with E-state index in [1.807, 2.05) is 29.0 Å². The van der Waals surface area contributed by atoms with Gasteiger partial charge in [0.15, 0.2) is 0 Å². The van der Waals surface area contributed by atoms with Crippen molar-refractivity contribution in [2.45, 2.75) is 12.5 Å². The lowest BCUT2D eigenvalue weighted by molar-refractivity contribution is -0.129.